The minimum atomic E-state index is -0.680. The molecule has 0 spiro atoms. The monoisotopic (exact) mass is 276 g/mol. The number of hydrogen-bond donors (Lipinski definition) is 2. The number of nitrogens with one attached hydrogen (secondary N) is 1. The summed E-state index contributed by atoms with van der Waals surface area (Å²) in [5.74, 6) is -0.632. The Kier molecular flexibility index (Phi) is 4.02. The molecule has 3 atom stereocenters. The van der Waals surface area contributed by atoms with Crippen molar-refractivity contribution in [3.8, 4) is 5.75 Å². The number of benzene rings is 1. The van der Waals surface area contributed by atoms with Gasteiger partial charge in [0, 0.05) is 6.42 Å². The maximum Gasteiger partial charge on any atom is 0.332 e. The second-order valence-corrected chi connectivity index (χ2v) is 4.70. The average Bonchev–Trinajstić information content (AvgIpc) is 2.44. The third-order valence-corrected chi connectivity index (χ3v) is 3.21. The molecule has 1 fully saturated rings. The molecule has 1 aliphatic rings. The van der Waals surface area contributed by atoms with Crippen molar-refractivity contribution in [2.75, 3.05) is 0 Å². The average molecular weight is 276 g/mol. The zero-order valence-electron chi connectivity index (χ0n) is 11.1. The summed E-state index contributed by atoms with van der Waals surface area (Å²) < 4.78 is 4.77. The Morgan fingerprint density at radius 1 is 1.50 bits per heavy atom. The fourth-order valence-electron chi connectivity index (χ4n) is 1.97. The van der Waals surface area contributed by atoms with Gasteiger partial charge in [-0.15, -0.1) is 0 Å². The molecule has 1 aromatic rings. The summed E-state index contributed by atoms with van der Waals surface area (Å²) >= 11 is 0. The van der Waals surface area contributed by atoms with Crippen molar-refractivity contribution in [1.29, 1.82) is 0 Å². The molecule has 1 amide bonds. The first-order valence-electron chi connectivity index (χ1n) is 6.26. The van der Waals surface area contributed by atoms with E-state index >= 15 is 0 Å². The lowest BCUT2D eigenvalue weighted by molar-refractivity contribution is -0.176. The highest BCUT2D eigenvalue weighted by molar-refractivity contribution is 5.90. The van der Waals surface area contributed by atoms with Crippen molar-refractivity contribution >= 4 is 18.6 Å². The number of nitrogens with zero attached hydrogens (tertiary/aromatic N) is 1. The number of ether oxygens (including phenoxy) is 1. The Morgan fingerprint density at radius 3 is 2.65 bits per heavy atom. The number of phenolic OH excluding ortho intramolecular Hbond substituents is 1. The van der Waals surface area contributed by atoms with E-state index in [9.17, 15) is 14.7 Å². The van der Waals surface area contributed by atoms with Crippen molar-refractivity contribution in [2.24, 2.45) is 4.99 Å². The van der Waals surface area contributed by atoms with Crippen LogP contribution >= 0.6 is 0 Å². The first-order chi connectivity index (χ1) is 9.51. The van der Waals surface area contributed by atoms with Crippen LogP contribution in [0, 0.1) is 0 Å². The predicted octanol–water partition coefficient (Wildman–Crippen LogP) is 0.434. The summed E-state index contributed by atoms with van der Waals surface area (Å²) in [5, 5.41) is 11.8. The third kappa shape index (κ3) is 2.96. The SMILES string of the molecule is C=N[C@@H](Cc1ccc(O)cc1)C(=O)N[C@@H]1C(=O)O[C@@H]1C. The van der Waals surface area contributed by atoms with E-state index < -0.39 is 18.1 Å². The quantitative estimate of drug-likeness (QED) is 0.603. The van der Waals surface area contributed by atoms with Crippen LogP contribution in [0.1, 0.15) is 12.5 Å². The molecule has 1 heterocycles. The summed E-state index contributed by atoms with van der Waals surface area (Å²) in [4.78, 5) is 27.0. The number of cyclic esters (lactones) is 1. The van der Waals surface area contributed by atoms with E-state index in [-0.39, 0.29) is 17.8 Å². The van der Waals surface area contributed by atoms with Gasteiger partial charge in [0.15, 0.2) is 6.04 Å². The van der Waals surface area contributed by atoms with Crippen molar-refractivity contribution in [1.82, 2.24) is 5.32 Å². The van der Waals surface area contributed by atoms with Gasteiger partial charge < -0.3 is 15.2 Å². The van der Waals surface area contributed by atoms with E-state index in [0.29, 0.717) is 6.42 Å². The Morgan fingerprint density at radius 2 is 2.15 bits per heavy atom. The van der Waals surface area contributed by atoms with Crippen molar-refractivity contribution < 1.29 is 19.4 Å². The fourth-order valence-corrected chi connectivity index (χ4v) is 1.97. The molecule has 0 aliphatic carbocycles. The largest absolute Gasteiger partial charge is 0.508 e. The summed E-state index contributed by atoms with van der Waals surface area (Å²) in [6.45, 7) is 5.12. The number of carbonyl (C=O) groups is 2. The lowest BCUT2D eigenvalue weighted by Gasteiger charge is -2.33. The fraction of sp³-hybridized carbons (Fsp3) is 0.357. The molecule has 0 bridgehead atoms. The van der Waals surface area contributed by atoms with E-state index in [1.165, 1.54) is 0 Å². The van der Waals surface area contributed by atoms with Crippen LogP contribution in [0.5, 0.6) is 5.75 Å². The van der Waals surface area contributed by atoms with Crippen molar-refractivity contribution in [3.05, 3.63) is 29.8 Å². The number of aliphatic imine (C=N–C) groups is 1. The number of carbonyl (C=O) groups excluding carboxylic acids is 2. The summed E-state index contributed by atoms with van der Waals surface area (Å²) in [6, 6.07) is 5.21. The minimum absolute atomic E-state index is 0.160. The lowest BCUT2D eigenvalue weighted by Crippen LogP contribution is -2.60. The number of aromatic hydroxyl groups is 1. The molecular weight excluding hydrogens is 260 g/mol. The zero-order chi connectivity index (χ0) is 14.7. The van der Waals surface area contributed by atoms with Crippen LogP contribution in [-0.2, 0) is 20.7 Å². The minimum Gasteiger partial charge on any atom is -0.508 e. The molecule has 0 unspecified atom stereocenters. The van der Waals surface area contributed by atoms with Gasteiger partial charge in [0.1, 0.15) is 17.9 Å². The molecule has 106 valence electrons. The van der Waals surface area contributed by atoms with Gasteiger partial charge in [-0.05, 0) is 31.3 Å². The van der Waals surface area contributed by atoms with Gasteiger partial charge in [0.25, 0.3) is 0 Å². The summed E-state index contributed by atoms with van der Waals surface area (Å²) in [7, 11) is 0. The van der Waals surface area contributed by atoms with Gasteiger partial charge in [0.2, 0.25) is 5.91 Å². The summed E-state index contributed by atoms with van der Waals surface area (Å²) in [6.07, 6.45) is 0.0387. The first kappa shape index (κ1) is 14.0. The number of rotatable bonds is 5. The van der Waals surface area contributed by atoms with E-state index in [1.54, 1.807) is 31.2 Å². The highest BCUT2D eigenvalue weighted by Crippen LogP contribution is 2.15. The van der Waals surface area contributed by atoms with Crippen LogP contribution in [0.2, 0.25) is 0 Å². The zero-order valence-corrected chi connectivity index (χ0v) is 11.1. The van der Waals surface area contributed by atoms with Crippen LogP contribution in [-0.4, -0.2) is 41.9 Å². The summed E-state index contributed by atoms with van der Waals surface area (Å²) in [5.41, 5.74) is 0.847. The topological polar surface area (TPSA) is 88.0 Å². The lowest BCUT2D eigenvalue weighted by atomic mass is 10.0. The van der Waals surface area contributed by atoms with Gasteiger partial charge in [0.05, 0.1) is 0 Å². The van der Waals surface area contributed by atoms with Gasteiger partial charge in [-0.1, -0.05) is 12.1 Å². The highest BCUT2D eigenvalue weighted by Gasteiger charge is 2.41. The van der Waals surface area contributed by atoms with Crippen molar-refractivity contribution in [2.45, 2.75) is 31.5 Å². The smallest absolute Gasteiger partial charge is 0.332 e. The predicted molar refractivity (Wildman–Crippen MR) is 72.6 cm³/mol. The molecule has 20 heavy (non-hydrogen) atoms. The number of hydrogen-bond acceptors (Lipinski definition) is 5. The highest BCUT2D eigenvalue weighted by atomic mass is 16.6. The molecule has 1 aliphatic heterocycles. The van der Waals surface area contributed by atoms with Gasteiger partial charge in [-0.25, -0.2) is 4.79 Å². The maximum atomic E-state index is 12.0. The molecule has 2 N–H and O–H groups in total. The molecular formula is C14H16N2O4. The molecule has 0 radical (unpaired) electrons. The molecule has 0 aromatic heterocycles. The Balaban J connectivity index is 1.97. The molecule has 6 heteroatoms. The second kappa shape index (κ2) is 5.73. The number of phenols is 1. The van der Waals surface area contributed by atoms with Crippen LogP contribution in [0.25, 0.3) is 0 Å². The van der Waals surface area contributed by atoms with Crippen LogP contribution < -0.4 is 5.32 Å². The van der Waals surface area contributed by atoms with E-state index in [2.05, 4.69) is 17.0 Å². The standard InChI is InChI=1S/C14H16N2O4/c1-8-12(14(19)20-8)16-13(18)11(15-2)7-9-3-5-10(17)6-4-9/h3-6,8,11-12,17H,2,7H2,1H3,(H,16,18)/t8-,11+,12+/m1/s1. The molecule has 2 rings (SSSR count). The van der Waals surface area contributed by atoms with Gasteiger partial charge >= 0.3 is 5.97 Å². The number of amides is 1. The Labute approximate surface area is 116 Å². The number of esters is 1. The van der Waals surface area contributed by atoms with Gasteiger partial charge in [-0.3, -0.25) is 9.79 Å². The molecule has 0 saturated carbocycles. The third-order valence-electron chi connectivity index (χ3n) is 3.21. The van der Waals surface area contributed by atoms with Crippen molar-refractivity contribution in [3.63, 3.8) is 0 Å². The maximum absolute atomic E-state index is 12.0. The Bertz CT molecular complexity index is 526. The van der Waals surface area contributed by atoms with Crippen LogP contribution in [0.3, 0.4) is 0 Å². The van der Waals surface area contributed by atoms with Crippen LogP contribution in [0.4, 0.5) is 0 Å². The Hall–Kier alpha value is -2.37. The molecule has 1 aromatic carbocycles. The van der Waals surface area contributed by atoms with E-state index in [4.69, 9.17) is 4.74 Å². The van der Waals surface area contributed by atoms with Crippen LogP contribution in [0.15, 0.2) is 29.3 Å². The second-order valence-electron chi connectivity index (χ2n) is 4.70. The van der Waals surface area contributed by atoms with E-state index in [0.717, 1.165) is 5.56 Å². The molecule has 6 nitrogen and oxygen atoms in total. The van der Waals surface area contributed by atoms with E-state index in [1.807, 2.05) is 0 Å². The molecule has 1 saturated heterocycles. The first-order valence-corrected chi connectivity index (χ1v) is 6.26. The van der Waals surface area contributed by atoms with Gasteiger partial charge in [-0.2, -0.15) is 0 Å². The normalized spacial score (nSPS) is 22.4.